The van der Waals surface area contributed by atoms with Gasteiger partial charge >= 0.3 is 17.9 Å². The number of carbonyl (C=O) groups excluding carboxylic acids is 2. The summed E-state index contributed by atoms with van der Waals surface area (Å²) in [4.78, 5) is 37.2. The summed E-state index contributed by atoms with van der Waals surface area (Å²) in [7, 11) is 5.95. The van der Waals surface area contributed by atoms with Crippen LogP contribution >= 0.6 is 0 Å². The Balaban J connectivity index is 4.42. The number of esters is 2. The van der Waals surface area contributed by atoms with Crippen LogP contribution in [0.2, 0.25) is 0 Å². The Morgan fingerprint density at radius 1 is 0.525 bits per heavy atom. The molecule has 342 valence electrons. The highest BCUT2D eigenvalue weighted by Crippen LogP contribution is 2.14. The number of hydrogen-bond acceptors (Lipinski definition) is 7. The molecule has 0 bridgehead atoms. The number of unbranched alkanes of at least 4 members (excludes halogenated alkanes) is 20. The minimum Gasteiger partial charge on any atom is -0.477 e. The van der Waals surface area contributed by atoms with Gasteiger partial charge in [-0.05, 0) is 70.6 Å². The summed E-state index contributed by atoms with van der Waals surface area (Å²) >= 11 is 0. The van der Waals surface area contributed by atoms with Crippen molar-refractivity contribution in [1.82, 2.24) is 0 Å². The van der Waals surface area contributed by atoms with Gasteiger partial charge in [-0.25, -0.2) is 4.79 Å². The summed E-state index contributed by atoms with van der Waals surface area (Å²) in [6.07, 6.45) is 45.9. The molecule has 0 saturated heterocycles. The number of quaternary nitrogens is 1. The van der Waals surface area contributed by atoms with Crippen LogP contribution in [0.5, 0.6) is 0 Å². The van der Waals surface area contributed by atoms with E-state index in [9.17, 15) is 19.5 Å². The van der Waals surface area contributed by atoms with Crippen LogP contribution in [0.1, 0.15) is 194 Å². The van der Waals surface area contributed by atoms with Gasteiger partial charge in [0.1, 0.15) is 13.2 Å². The Morgan fingerprint density at radius 3 is 1.46 bits per heavy atom. The number of likely N-dealkylation sites (N-methyl/N-ethyl adjacent to an activating group) is 1. The second-order valence-electron chi connectivity index (χ2n) is 17.0. The molecule has 9 heteroatoms. The Kier molecular flexibility index (Phi) is 40.0. The van der Waals surface area contributed by atoms with E-state index >= 15 is 0 Å². The lowest BCUT2D eigenvalue weighted by Gasteiger charge is -2.25. The number of carboxylic acid groups (broad SMARTS) is 1. The van der Waals surface area contributed by atoms with Crippen molar-refractivity contribution in [3.63, 3.8) is 0 Å². The molecular formula is C50H90NO8+. The van der Waals surface area contributed by atoms with Crippen LogP contribution in [0.4, 0.5) is 0 Å². The molecule has 0 rings (SSSR count). The highest BCUT2D eigenvalue weighted by Gasteiger charge is 2.25. The number of carbonyl (C=O) groups is 3. The second-order valence-corrected chi connectivity index (χ2v) is 17.0. The van der Waals surface area contributed by atoms with Gasteiger partial charge in [0.05, 0.1) is 34.4 Å². The van der Waals surface area contributed by atoms with E-state index in [1.54, 1.807) is 0 Å². The van der Waals surface area contributed by atoms with Crippen molar-refractivity contribution in [2.45, 2.75) is 206 Å². The van der Waals surface area contributed by atoms with Gasteiger partial charge in [-0.2, -0.15) is 0 Å². The number of rotatable bonds is 43. The summed E-state index contributed by atoms with van der Waals surface area (Å²) in [5.74, 6) is -2.03. The fraction of sp³-hybridized carbons (Fsp3) is 0.780. The first-order valence-corrected chi connectivity index (χ1v) is 23.8. The lowest BCUT2D eigenvalue weighted by atomic mass is 10.1. The molecule has 0 aromatic rings. The Hall–Kier alpha value is -2.75. The zero-order chi connectivity index (χ0) is 43.5. The first kappa shape index (κ1) is 56.2. The molecule has 2 atom stereocenters. The lowest BCUT2D eigenvalue weighted by molar-refractivity contribution is -0.870. The summed E-state index contributed by atoms with van der Waals surface area (Å²) in [5, 5.41) is 9.65. The largest absolute Gasteiger partial charge is 0.477 e. The van der Waals surface area contributed by atoms with E-state index in [0.717, 1.165) is 64.2 Å². The van der Waals surface area contributed by atoms with E-state index < -0.39 is 24.3 Å². The molecule has 9 nitrogen and oxygen atoms in total. The normalized spacial score (nSPS) is 13.3. The number of carboxylic acids is 1. The predicted octanol–water partition coefficient (Wildman–Crippen LogP) is 12.8. The molecule has 0 radical (unpaired) electrons. The lowest BCUT2D eigenvalue weighted by Crippen LogP contribution is -2.40. The van der Waals surface area contributed by atoms with E-state index in [2.05, 4.69) is 62.5 Å². The predicted molar refractivity (Wildman–Crippen MR) is 244 cm³/mol. The third-order valence-electron chi connectivity index (χ3n) is 10.1. The highest BCUT2D eigenvalue weighted by molar-refractivity contribution is 5.71. The quantitative estimate of drug-likeness (QED) is 0.0213. The van der Waals surface area contributed by atoms with Crippen LogP contribution in [0, 0.1) is 0 Å². The molecule has 1 N–H and O–H groups in total. The van der Waals surface area contributed by atoms with E-state index in [1.807, 2.05) is 21.1 Å². The Morgan fingerprint density at radius 2 is 0.966 bits per heavy atom. The van der Waals surface area contributed by atoms with Crippen LogP contribution < -0.4 is 0 Å². The molecule has 0 amide bonds. The minimum atomic E-state index is -1.51. The van der Waals surface area contributed by atoms with Gasteiger partial charge in [-0.1, -0.05) is 159 Å². The average molecular weight is 833 g/mol. The smallest absolute Gasteiger partial charge is 0.361 e. The average Bonchev–Trinajstić information content (AvgIpc) is 3.19. The van der Waals surface area contributed by atoms with Crippen LogP contribution in [0.15, 0.2) is 48.6 Å². The van der Waals surface area contributed by atoms with Crippen LogP contribution in [0.3, 0.4) is 0 Å². The number of hydrogen-bond donors (Lipinski definition) is 1. The van der Waals surface area contributed by atoms with Crippen LogP contribution in [0.25, 0.3) is 0 Å². The molecule has 59 heavy (non-hydrogen) atoms. The molecule has 0 aromatic carbocycles. The van der Waals surface area contributed by atoms with Crippen LogP contribution in [-0.2, 0) is 33.3 Å². The molecule has 2 unspecified atom stereocenters. The summed E-state index contributed by atoms with van der Waals surface area (Å²) in [6.45, 7) is 4.74. The summed E-state index contributed by atoms with van der Waals surface area (Å²) < 4.78 is 22.8. The van der Waals surface area contributed by atoms with Gasteiger partial charge in [-0.15, -0.1) is 0 Å². The van der Waals surface area contributed by atoms with Gasteiger partial charge in [0, 0.05) is 12.8 Å². The Labute approximate surface area is 362 Å². The van der Waals surface area contributed by atoms with Gasteiger partial charge in [0.15, 0.2) is 6.10 Å². The van der Waals surface area contributed by atoms with E-state index in [4.69, 9.17) is 18.9 Å². The zero-order valence-corrected chi connectivity index (χ0v) is 38.7. The van der Waals surface area contributed by atoms with Crippen molar-refractivity contribution >= 4 is 17.9 Å². The third kappa shape index (κ3) is 43.2. The number of aliphatic carboxylic acids is 1. The van der Waals surface area contributed by atoms with E-state index in [1.165, 1.54) is 96.3 Å². The molecular weight excluding hydrogens is 743 g/mol. The molecule has 0 aliphatic heterocycles. The van der Waals surface area contributed by atoms with E-state index in [0.29, 0.717) is 23.9 Å². The fourth-order valence-electron chi connectivity index (χ4n) is 6.37. The maximum Gasteiger partial charge on any atom is 0.361 e. The maximum absolute atomic E-state index is 12.8. The topological polar surface area (TPSA) is 108 Å². The van der Waals surface area contributed by atoms with Crippen molar-refractivity contribution in [1.29, 1.82) is 0 Å². The number of ether oxygens (including phenoxy) is 4. The highest BCUT2D eigenvalue weighted by atomic mass is 16.7. The first-order valence-electron chi connectivity index (χ1n) is 23.8. The first-order chi connectivity index (χ1) is 28.6. The summed E-state index contributed by atoms with van der Waals surface area (Å²) in [6, 6.07) is 0. The van der Waals surface area contributed by atoms with Gasteiger partial charge in [0.25, 0.3) is 6.29 Å². The third-order valence-corrected chi connectivity index (χ3v) is 10.1. The molecule has 0 aliphatic rings. The zero-order valence-electron chi connectivity index (χ0n) is 38.7. The van der Waals surface area contributed by atoms with Crippen molar-refractivity contribution in [2.75, 3.05) is 47.5 Å². The van der Waals surface area contributed by atoms with Crippen molar-refractivity contribution in [2.24, 2.45) is 0 Å². The standard InChI is InChI=1S/C50H89NO8/c1-6-8-10-12-14-16-18-20-22-24-26-28-30-32-34-36-38-40-47(52)57-44-46(45-58-50(49(54)55)56-43-42-51(3,4)5)59-48(53)41-39-37-35-33-31-29-27-25-23-21-19-17-15-13-11-9-7-2/h9,11,15,17,20-23,46,50H,6-8,10,12-14,16,18-19,24-45H2,1-5H3/p+1/b11-9-,17-15-,22-20-,23-21-. The van der Waals surface area contributed by atoms with Gasteiger partial charge < -0.3 is 28.5 Å². The van der Waals surface area contributed by atoms with Gasteiger partial charge in [-0.3, -0.25) is 9.59 Å². The molecule has 0 spiro atoms. The monoisotopic (exact) mass is 833 g/mol. The summed E-state index contributed by atoms with van der Waals surface area (Å²) in [5.41, 5.74) is 0. The molecule has 0 saturated carbocycles. The van der Waals surface area contributed by atoms with Crippen LogP contribution in [-0.4, -0.2) is 87.4 Å². The molecule has 0 aromatic heterocycles. The molecule has 0 fully saturated rings. The maximum atomic E-state index is 12.8. The minimum absolute atomic E-state index is 0.184. The fourth-order valence-corrected chi connectivity index (χ4v) is 6.37. The Bertz CT molecular complexity index is 1110. The number of nitrogens with zero attached hydrogens (tertiary/aromatic N) is 1. The van der Waals surface area contributed by atoms with Crippen molar-refractivity contribution in [3.8, 4) is 0 Å². The van der Waals surface area contributed by atoms with Crippen molar-refractivity contribution in [3.05, 3.63) is 48.6 Å². The van der Waals surface area contributed by atoms with E-state index in [-0.39, 0.29) is 32.2 Å². The number of allylic oxidation sites excluding steroid dienone is 8. The second kappa shape index (κ2) is 42.0. The van der Waals surface area contributed by atoms with Crippen molar-refractivity contribution < 1.29 is 42.9 Å². The molecule has 0 heterocycles. The van der Waals surface area contributed by atoms with Gasteiger partial charge in [0.2, 0.25) is 0 Å². The molecule has 0 aliphatic carbocycles. The SMILES string of the molecule is CC/C=C\C/C=C\C/C=C\CCCCCCCCCC(=O)OC(COC(=O)CCCCCCCCC/C=C\CCCCCCCC)COC(OCC[N+](C)(C)C)C(=O)O.